The molecular formula is C37H23N5S. The molecule has 0 saturated heterocycles. The number of benzene rings is 5. The molecule has 0 aliphatic carbocycles. The van der Waals surface area contributed by atoms with Gasteiger partial charge in [0.1, 0.15) is 10.0 Å². The molecule has 4 aromatic heterocycles. The van der Waals surface area contributed by atoms with Gasteiger partial charge in [0.2, 0.25) is 0 Å². The maximum absolute atomic E-state index is 4.87. The molecule has 0 aliphatic heterocycles. The molecule has 4 heterocycles. The monoisotopic (exact) mass is 569 g/mol. The van der Waals surface area contributed by atoms with E-state index in [1.807, 2.05) is 48.9 Å². The Bertz CT molecular complexity index is 2440. The standard InChI is InChI=1S/C37H23N5S/c1-3-11-24(12-4-1)36-38-21-25(22-39-36)37-40-23-33(43-37)42-32-18-10-8-16-28(32)30-20-19-29-27-15-7-9-17-31(27)41(34(29)35(30)42)26-13-5-2-6-14-26/h1-23H. The lowest BCUT2D eigenvalue weighted by molar-refractivity contribution is 1.16. The first-order chi connectivity index (χ1) is 21.3. The maximum atomic E-state index is 4.87. The van der Waals surface area contributed by atoms with Crippen LogP contribution in [0.2, 0.25) is 0 Å². The number of hydrogen-bond donors (Lipinski definition) is 0. The van der Waals surface area contributed by atoms with Crippen molar-refractivity contribution >= 4 is 54.9 Å². The van der Waals surface area contributed by atoms with E-state index in [0.717, 1.165) is 32.3 Å². The fourth-order valence-electron chi connectivity index (χ4n) is 6.25. The summed E-state index contributed by atoms with van der Waals surface area (Å²) in [4.78, 5) is 14.2. The molecule has 0 bridgehead atoms. The van der Waals surface area contributed by atoms with Gasteiger partial charge in [-0.1, -0.05) is 108 Å². The molecule has 0 N–H and O–H groups in total. The van der Waals surface area contributed by atoms with Gasteiger partial charge in [0.25, 0.3) is 0 Å². The van der Waals surface area contributed by atoms with Crippen molar-refractivity contribution in [3.63, 3.8) is 0 Å². The zero-order chi connectivity index (χ0) is 28.3. The Morgan fingerprint density at radius 1 is 0.442 bits per heavy atom. The van der Waals surface area contributed by atoms with Crippen molar-refractivity contribution in [3.8, 4) is 32.6 Å². The molecule has 5 nitrogen and oxygen atoms in total. The smallest absolute Gasteiger partial charge is 0.159 e. The van der Waals surface area contributed by atoms with Crippen LogP contribution in [0.15, 0.2) is 140 Å². The average Bonchev–Trinajstić information content (AvgIpc) is 3.78. The molecule has 6 heteroatoms. The highest BCUT2D eigenvalue weighted by Gasteiger charge is 2.22. The highest BCUT2D eigenvalue weighted by atomic mass is 32.1. The Balaban J connectivity index is 1.31. The third-order valence-electron chi connectivity index (χ3n) is 8.13. The van der Waals surface area contributed by atoms with Crippen LogP contribution in [0, 0.1) is 0 Å². The topological polar surface area (TPSA) is 48.5 Å². The van der Waals surface area contributed by atoms with Crippen LogP contribution in [0.3, 0.4) is 0 Å². The number of thiazole rings is 1. The van der Waals surface area contributed by atoms with Gasteiger partial charge in [-0.25, -0.2) is 15.0 Å². The van der Waals surface area contributed by atoms with Crippen molar-refractivity contribution < 1.29 is 0 Å². The summed E-state index contributed by atoms with van der Waals surface area (Å²) >= 11 is 1.65. The Kier molecular flexibility index (Phi) is 5.30. The summed E-state index contributed by atoms with van der Waals surface area (Å²) in [5, 5.41) is 6.83. The number of fused-ring (bicyclic) bond motifs is 7. The van der Waals surface area contributed by atoms with Gasteiger partial charge in [0.15, 0.2) is 5.82 Å². The van der Waals surface area contributed by atoms with Gasteiger partial charge in [-0.15, -0.1) is 0 Å². The molecule has 0 amide bonds. The zero-order valence-corrected chi connectivity index (χ0v) is 23.7. The van der Waals surface area contributed by atoms with Crippen molar-refractivity contribution in [1.82, 2.24) is 24.1 Å². The minimum absolute atomic E-state index is 0.708. The summed E-state index contributed by atoms with van der Waals surface area (Å²) in [7, 11) is 0. The zero-order valence-electron chi connectivity index (χ0n) is 22.9. The number of para-hydroxylation sites is 3. The highest BCUT2D eigenvalue weighted by Crippen LogP contribution is 2.42. The highest BCUT2D eigenvalue weighted by molar-refractivity contribution is 7.17. The van der Waals surface area contributed by atoms with Gasteiger partial charge in [-0.2, -0.15) is 0 Å². The summed E-state index contributed by atoms with van der Waals surface area (Å²) in [6.45, 7) is 0. The van der Waals surface area contributed by atoms with Gasteiger partial charge >= 0.3 is 0 Å². The van der Waals surface area contributed by atoms with Gasteiger partial charge in [-0.05, 0) is 24.3 Å². The Labute approximate surface area is 251 Å². The lowest BCUT2D eigenvalue weighted by Crippen LogP contribution is -1.97. The lowest BCUT2D eigenvalue weighted by Gasteiger charge is -2.11. The fraction of sp³-hybridized carbons (Fsp3) is 0. The molecule has 5 aromatic carbocycles. The number of aromatic nitrogens is 5. The normalized spacial score (nSPS) is 11.7. The van der Waals surface area contributed by atoms with Gasteiger partial charge in [0, 0.05) is 50.8 Å². The molecule has 43 heavy (non-hydrogen) atoms. The molecular weight excluding hydrogens is 547 g/mol. The van der Waals surface area contributed by atoms with E-state index >= 15 is 0 Å². The van der Waals surface area contributed by atoms with E-state index in [1.165, 1.54) is 38.1 Å². The number of nitrogens with zero attached hydrogens (tertiary/aromatic N) is 5. The summed E-state index contributed by atoms with van der Waals surface area (Å²) < 4.78 is 4.78. The number of rotatable bonds is 4. The summed E-state index contributed by atoms with van der Waals surface area (Å²) in [5.41, 5.74) is 7.74. The molecule has 0 fully saturated rings. The molecule has 202 valence electrons. The Morgan fingerprint density at radius 2 is 1.00 bits per heavy atom. The van der Waals surface area contributed by atoms with Crippen LogP contribution >= 0.6 is 11.3 Å². The summed E-state index contributed by atoms with van der Waals surface area (Å²) in [5.74, 6) is 0.708. The van der Waals surface area contributed by atoms with Crippen molar-refractivity contribution in [2.75, 3.05) is 0 Å². The van der Waals surface area contributed by atoms with E-state index in [0.29, 0.717) is 5.82 Å². The third-order valence-corrected chi connectivity index (χ3v) is 9.16. The molecule has 0 atom stereocenters. The molecule has 0 unspecified atom stereocenters. The first-order valence-electron chi connectivity index (χ1n) is 14.2. The minimum atomic E-state index is 0.708. The van der Waals surface area contributed by atoms with Crippen LogP contribution in [-0.4, -0.2) is 24.1 Å². The summed E-state index contributed by atoms with van der Waals surface area (Å²) in [6, 6.07) is 42.6. The Hall–Kier alpha value is -5.59. The number of hydrogen-bond acceptors (Lipinski definition) is 4. The maximum Gasteiger partial charge on any atom is 0.159 e. The van der Waals surface area contributed by atoms with Gasteiger partial charge in [0.05, 0.1) is 28.3 Å². The largest absolute Gasteiger partial charge is 0.307 e. The van der Waals surface area contributed by atoms with Crippen LogP contribution in [-0.2, 0) is 0 Å². The van der Waals surface area contributed by atoms with Crippen molar-refractivity contribution in [3.05, 3.63) is 140 Å². The van der Waals surface area contributed by atoms with Crippen molar-refractivity contribution in [2.45, 2.75) is 0 Å². The van der Waals surface area contributed by atoms with Crippen molar-refractivity contribution in [2.24, 2.45) is 0 Å². The predicted molar refractivity (Wildman–Crippen MR) is 177 cm³/mol. The minimum Gasteiger partial charge on any atom is -0.307 e. The second-order valence-electron chi connectivity index (χ2n) is 10.6. The SMILES string of the molecule is c1ccc(-c2ncc(-c3ncc(-n4c5ccccc5c5ccc6c7ccccc7n(-c7ccccc7)c6c54)s3)cn2)cc1. The molecule has 9 aromatic rings. The average molecular weight is 570 g/mol. The van der Waals surface area contributed by atoms with E-state index in [4.69, 9.17) is 4.98 Å². The second-order valence-corrected chi connectivity index (χ2v) is 11.6. The van der Waals surface area contributed by atoms with Crippen LogP contribution in [0.25, 0.3) is 76.3 Å². The fourth-order valence-corrected chi connectivity index (χ4v) is 7.17. The third kappa shape index (κ3) is 3.67. The second kappa shape index (κ2) is 9.48. The van der Waals surface area contributed by atoms with E-state index < -0.39 is 0 Å². The Morgan fingerprint density at radius 3 is 1.67 bits per heavy atom. The van der Waals surface area contributed by atoms with Crippen LogP contribution < -0.4 is 0 Å². The summed E-state index contributed by atoms with van der Waals surface area (Å²) in [6.07, 6.45) is 5.72. The van der Waals surface area contributed by atoms with E-state index in [9.17, 15) is 0 Å². The van der Waals surface area contributed by atoms with Gasteiger partial charge < -0.3 is 4.57 Å². The molecule has 0 radical (unpaired) electrons. The lowest BCUT2D eigenvalue weighted by atomic mass is 10.1. The molecule has 0 saturated carbocycles. The molecule has 9 rings (SSSR count). The van der Waals surface area contributed by atoms with Gasteiger partial charge in [-0.3, -0.25) is 4.57 Å². The van der Waals surface area contributed by atoms with Crippen LogP contribution in [0.5, 0.6) is 0 Å². The van der Waals surface area contributed by atoms with E-state index in [-0.39, 0.29) is 0 Å². The van der Waals surface area contributed by atoms with Crippen molar-refractivity contribution in [1.29, 1.82) is 0 Å². The van der Waals surface area contributed by atoms with Crippen LogP contribution in [0.1, 0.15) is 0 Å². The predicted octanol–water partition coefficient (Wildman–Crippen LogP) is 9.46. The van der Waals surface area contributed by atoms with E-state index in [2.05, 4.69) is 110 Å². The van der Waals surface area contributed by atoms with Crippen LogP contribution in [0.4, 0.5) is 0 Å². The molecule has 0 aliphatic rings. The first kappa shape index (κ1) is 24.1. The molecule has 0 spiro atoms. The van der Waals surface area contributed by atoms with E-state index in [1.54, 1.807) is 11.3 Å². The first-order valence-corrected chi connectivity index (χ1v) is 15.0. The quantitative estimate of drug-likeness (QED) is 0.212.